The van der Waals surface area contributed by atoms with E-state index in [0.29, 0.717) is 26.1 Å². The van der Waals surface area contributed by atoms with Crippen molar-refractivity contribution in [1.82, 2.24) is 0 Å². The molecule has 2 aliphatic rings. The second-order valence-corrected chi connectivity index (χ2v) is 9.03. The fourth-order valence-electron chi connectivity index (χ4n) is 4.95. The Morgan fingerprint density at radius 1 is 1.00 bits per heavy atom. The van der Waals surface area contributed by atoms with Gasteiger partial charge in [-0.25, -0.2) is 0 Å². The average Bonchev–Trinajstić information content (AvgIpc) is 3.27. The smallest absolute Gasteiger partial charge is 0.515 e. The van der Waals surface area contributed by atoms with E-state index in [2.05, 4.69) is 13.0 Å². The average molecular weight is 428 g/mol. The number of unbranched alkanes of at least 4 members (excludes halogenated alkanes) is 5. The SMILES string of the molecule is CCCCCCCC1(CC[C@@H]2[C@@H](C/C=C\CCCC(=O)[OH2+])[C@@H](O)C[C@H]2O)OCCO1. The molecule has 4 N–H and O–H groups in total. The highest BCUT2D eigenvalue weighted by Crippen LogP contribution is 2.41. The van der Waals surface area contributed by atoms with Crippen LogP contribution in [0.3, 0.4) is 0 Å². The van der Waals surface area contributed by atoms with Gasteiger partial charge in [-0.05, 0) is 50.4 Å². The lowest BCUT2D eigenvalue weighted by Crippen LogP contribution is -2.33. The third-order valence-electron chi connectivity index (χ3n) is 6.70. The Morgan fingerprint density at radius 3 is 2.40 bits per heavy atom. The van der Waals surface area contributed by atoms with Gasteiger partial charge in [0.1, 0.15) is 6.42 Å². The van der Waals surface area contributed by atoms with E-state index in [1.165, 1.54) is 25.7 Å². The zero-order valence-electron chi connectivity index (χ0n) is 18.7. The summed E-state index contributed by atoms with van der Waals surface area (Å²) in [7, 11) is 0. The minimum Gasteiger partial charge on any atom is -0.565 e. The molecular weight excluding hydrogens is 384 g/mol. The minimum absolute atomic E-state index is 0.0389. The van der Waals surface area contributed by atoms with E-state index in [-0.39, 0.29) is 18.3 Å². The van der Waals surface area contributed by atoms with Crippen LogP contribution in [0.25, 0.3) is 0 Å². The van der Waals surface area contributed by atoms with E-state index in [1.54, 1.807) is 0 Å². The highest BCUT2D eigenvalue weighted by atomic mass is 16.7. The molecule has 1 saturated carbocycles. The first-order valence-corrected chi connectivity index (χ1v) is 12.0. The van der Waals surface area contributed by atoms with Gasteiger partial charge in [0.25, 0.3) is 0 Å². The Labute approximate surface area is 181 Å². The van der Waals surface area contributed by atoms with Crippen molar-refractivity contribution in [2.24, 2.45) is 11.8 Å². The fraction of sp³-hybridized carbons (Fsp3) is 0.875. The molecule has 1 aliphatic heterocycles. The standard InChI is InChI=1S/C24H42O6/c1-2-3-4-7-10-14-24(29-16-17-30-24)15-13-20-19(21(25)18-22(20)26)11-8-5-6-9-12-23(27)28/h5,8,19-22,25-26H,2-4,6-7,9-18H2,1H3,(H,27,28)/p+1/b8-5-/t19-,20-,21+,22-/m1/s1. The van der Waals surface area contributed by atoms with Crippen LogP contribution in [0.2, 0.25) is 0 Å². The van der Waals surface area contributed by atoms with Crippen LogP contribution < -0.4 is 0 Å². The second kappa shape index (κ2) is 13.5. The number of aliphatic hydroxyl groups is 2. The summed E-state index contributed by atoms with van der Waals surface area (Å²) in [5.74, 6) is -0.947. The highest BCUT2D eigenvalue weighted by Gasteiger charge is 2.43. The highest BCUT2D eigenvalue weighted by molar-refractivity contribution is 5.66. The van der Waals surface area contributed by atoms with E-state index < -0.39 is 24.0 Å². The lowest BCUT2D eigenvalue weighted by atomic mass is 9.85. The number of carbonyl (C=O) groups is 1. The maximum absolute atomic E-state index is 10.7. The predicted octanol–water partition coefficient (Wildman–Crippen LogP) is 3.60. The summed E-state index contributed by atoms with van der Waals surface area (Å²) in [4.78, 5) is 10.7. The summed E-state index contributed by atoms with van der Waals surface area (Å²) in [6, 6.07) is 0. The molecule has 1 heterocycles. The molecule has 6 nitrogen and oxygen atoms in total. The first-order valence-electron chi connectivity index (χ1n) is 12.0. The number of allylic oxidation sites excluding steroid dienone is 2. The second-order valence-electron chi connectivity index (χ2n) is 9.03. The van der Waals surface area contributed by atoms with Crippen molar-refractivity contribution in [3.63, 3.8) is 0 Å². The molecule has 6 heteroatoms. The zero-order valence-corrected chi connectivity index (χ0v) is 18.7. The monoisotopic (exact) mass is 427 g/mol. The van der Waals surface area contributed by atoms with Gasteiger partial charge in [0.2, 0.25) is 0 Å². The Balaban J connectivity index is 1.82. The van der Waals surface area contributed by atoms with Crippen LogP contribution in [0.4, 0.5) is 0 Å². The largest absolute Gasteiger partial charge is 0.565 e. The van der Waals surface area contributed by atoms with Crippen LogP contribution in [-0.4, -0.2) is 52.5 Å². The summed E-state index contributed by atoms with van der Waals surface area (Å²) >= 11 is 0. The van der Waals surface area contributed by atoms with Gasteiger partial charge in [-0.15, -0.1) is 0 Å². The van der Waals surface area contributed by atoms with Crippen LogP contribution in [0.15, 0.2) is 12.2 Å². The molecule has 1 aliphatic carbocycles. The van der Waals surface area contributed by atoms with Gasteiger partial charge in [0.15, 0.2) is 5.79 Å². The predicted molar refractivity (Wildman–Crippen MR) is 117 cm³/mol. The summed E-state index contributed by atoms with van der Waals surface area (Å²) in [6.45, 7) is 3.49. The molecule has 0 radical (unpaired) electrons. The third-order valence-corrected chi connectivity index (χ3v) is 6.70. The van der Waals surface area contributed by atoms with E-state index in [9.17, 15) is 15.0 Å². The number of aliphatic hydroxyl groups excluding tert-OH is 2. The molecule has 30 heavy (non-hydrogen) atoms. The maximum Gasteiger partial charge on any atom is 0.515 e. The summed E-state index contributed by atoms with van der Waals surface area (Å²) in [5, 5.41) is 27.9. The van der Waals surface area contributed by atoms with E-state index in [4.69, 9.17) is 14.6 Å². The number of hydrogen-bond donors (Lipinski definition) is 2. The Morgan fingerprint density at radius 2 is 1.70 bits per heavy atom. The molecule has 0 unspecified atom stereocenters. The lowest BCUT2D eigenvalue weighted by molar-refractivity contribution is -0.171. The summed E-state index contributed by atoms with van der Waals surface area (Å²) < 4.78 is 12.1. The van der Waals surface area contributed by atoms with Crippen molar-refractivity contribution >= 4 is 5.97 Å². The van der Waals surface area contributed by atoms with Crippen LogP contribution in [0.5, 0.6) is 0 Å². The number of hydrogen-bond acceptors (Lipinski definition) is 5. The van der Waals surface area contributed by atoms with E-state index in [0.717, 1.165) is 38.5 Å². The van der Waals surface area contributed by atoms with Gasteiger partial charge in [0, 0.05) is 17.6 Å². The summed E-state index contributed by atoms with van der Waals surface area (Å²) in [6.07, 6.45) is 14.5. The van der Waals surface area contributed by atoms with Gasteiger partial charge in [-0.3, -0.25) is 0 Å². The van der Waals surface area contributed by atoms with Gasteiger partial charge in [0.05, 0.1) is 25.4 Å². The number of ether oxygens (including phenoxy) is 2. The van der Waals surface area contributed by atoms with Gasteiger partial charge >= 0.3 is 5.97 Å². The fourth-order valence-corrected chi connectivity index (χ4v) is 4.95. The van der Waals surface area contributed by atoms with Crippen LogP contribution >= 0.6 is 0 Å². The molecule has 2 rings (SSSR count). The van der Waals surface area contributed by atoms with Crippen molar-refractivity contribution < 1.29 is 29.6 Å². The third kappa shape index (κ3) is 8.29. The molecule has 0 bridgehead atoms. The first kappa shape index (κ1) is 25.3. The van der Waals surface area contributed by atoms with Gasteiger partial charge < -0.3 is 24.8 Å². The Hall–Kier alpha value is -0.950. The Kier molecular flexibility index (Phi) is 11.4. The van der Waals surface area contributed by atoms with Crippen LogP contribution in [0.1, 0.15) is 90.4 Å². The van der Waals surface area contributed by atoms with Gasteiger partial charge in [-0.2, -0.15) is 0 Å². The van der Waals surface area contributed by atoms with Crippen LogP contribution in [-0.2, 0) is 14.3 Å². The van der Waals surface area contributed by atoms with Crippen molar-refractivity contribution in [2.75, 3.05) is 13.2 Å². The zero-order chi connectivity index (χ0) is 21.8. The molecule has 0 aromatic heterocycles. The molecule has 0 amide bonds. The first-order chi connectivity index (χ1) is 14.5. The lowest BCUT2D eigenvalue weighted by Gasteiger charge is -2.31. The molecule has 0 aromatic carbocycles. The van der Waals surface area contributed by atoms with E-state index >= 15 is 0 Å². The molecule has 174 valence electrons. The van der Waals surface area contributed by atoms with Crippen LogP contribution in [0, 0.1) is 11.8 Å². The minimum atomic E-state index is -0.520. The van der Waals surface area contributed by atoms with Crippen molar-refractivity contribution in [3.05, 3.63) is 12.2 Å². The maximum atomic E-state index is 10.7. The normalized spacial score (nSPS) is 28.5. The number of carbonyl (C=O) groups excluding carboxylic acids is 1. The molecule has 0 aromatic rings. The topological polar surface area (TPSA) is 98.9 Å². The van der Waals surface area contributed by atoms with E-state index in [1.807, 2.05) is 6.08 Å². The molecular formula is C24H43O6+. The van der Waals surface area contributed by atoms with Crippen molar-refractivity contribution in [3.8, 4) is 0 Å². The molecule has 0 spiro atoms. The Bertz CT molecular complexity index is 514. The van der Waals surface area contributed by atoms with Crippen molar-refractivity contribution in [1.29, 1.82) is 0 Å². The molecule has 4 atom stereocenters. The molecule has 2 fully saturated rings. The molecule has 1 saturated heterocycles. The summed E-state index contributed by atoms with van der Waals surface area (Å²) in [5.41, 5.74) is 0. The quantitative estimate of drug-likeness (QED) is 0.236. The van der Waals surface area contributed by atoms with Crippen molar-refractivity contribution in [2.45, 2.75) is 108 Å². The number of rotatable bonds is 15. The van der Waals surface area contributed by atoms with Gasteiger partial charge in [-0.1, -0.05) is 44.8 Å².